The number of hydrogen-bond donors (Lipinski definition) is 0. The third-order valence-corrected chi connectivity index (χ3v) is 15.2. The SMILES string of the molecule is N#Cc1c(-c2ccccc2)c(-n2c3ccc(-c4ccccc4)cc3n3c4cc(-c5ccccc5)ccc4nc23)cc(-c2ccccc2)c1-n1c2ccc(-c3ccccc3)cc2n2c3cc(-c4ccccc4)ccc3cc12. The van der Waals surface area contributed by atoms with Crippen LogP contribution in [0.4, 0.5) is 0 Å². The molecule has 354 valence electrons. The molecule has 0 radical (unpaired) electrons. The first-order valence-corrected chi connectivity index (χ1v) is 25.7. The molecule has 0 bridgehead atoms. The van der Waals surface area contributed by atoms with Crippen molar-refractivity contribution in [3.8, 4) is 84.2 Å². The van der Waals surface area contributed by atoms with Gasteiger partial charge < -0.3 is 0 Å². The lowest BCUT2D eigenvalue weighted by atomic mass is 9.90. The fourth-order valence-corrected chi connectivity index (χ4v) is 11.7. The number of rotatable bonds is 8. The average Bonchev–Trinajstić information content (AvgIpc) is 4.27. The van der Waals surface area contributed by atoms with E-state index in [4.69, 9.17) is 4.98 Å². The van der Waals surface area contributed by atoms with Gasteiger partial charge in [-0.1, -0.05) is 212 Å². The van der Waals surface area contributed by atoms with Crippen LogP contribution < -0.4 is 0 Å². The first-order chi connectivity index (χ1) is 37.7. The molecular formula is C70H44N6. The van der Waals surface area contributed by atoms with Crippen LogP contribution in [-0.2, 0) is 0 Å². The molecule has 0 unspecified atom stereocenters. The quantitative estimate of drug-likeness (QED) is 0.152. The zero-order valence-electron chi connectivity index (χ0n) is 41.1. The smallest absolute Gasteiger partial charge is 0.220 e. The Hall–Kier alpha value is -10.5. The van der Waals surface area contributed by atoms with Crippen molar-refractivity contribution in [1.82, 2.24) is 22.9 Å². The Labute approximate surface area is 438 Å². The van der Waals surface area contributed by atoms with E-state index in [9.17, 15) is 5.26 Å². The molecule has 0 saturated heterocycles. The van der Waals surface area contributed by atoms with Gasteiger partial charge in [0.25, 0.3) is 0 Å². The van der Waals surface area contributed by atoms with Gasteiger partial charge >= 0.3 is 0 Å². The number of aromatic nitrogens is 5. The normalized spacial score (nSPS) is 11.7. The molecule has 0 fully saturated rings. The molecule has 15 aromatic rings. The number of imidazole rings is 3. The molecule has 0 N–H and O–H groups in total. The van der Waals surface area contributed by atoms with E-state index in [1.54, 1.807) is 0 Å². The summed E-state index contributed by atoms with van der Waals surface area (Å²) >= 11 is 0. The predicted molar refractivity (Wildman–Crippen MR) is 312 cm³/mol. The molecule has 0 aliphatic carbocycles. The maximum atomic E-state index is 12.2. The van der Waals surface area contributed by atoms with Crippen LogP contribution in [0.25, 0.3) is 134 Å². The lowest BCUT2D eigenvalue weighted by molar-refractivity contribution is 1.09. The van der Waals surface area contributed by atoms with Gasteiger partial charge in [0.2, 0.25) is 5.78 Å². The van der Waals surface area contributed by atoms with Crippen LogP contribution in [0.2, 0.25) is 0 Å². The lowest BCUT2D eigenvalue weighted by Crippen LogP contribution is -2.08. The monoisotopic (exact) mass is 968 g/mol. The van der Waals surface area contributed by atoms with Crippen molar-refractivity contribution in [1.29, 1.82) is 5.26 Å². The molecule has 6 heteroatoms. The summed E-state index contributed by atoms with van der Waals surface area (Å²) in [6.45, 7) is 0. The van der Waals surface area contributed by atoms with E-state index in [2.05, 4.69) is 285 Å². The van der Waals surface area contributed by atoms with Crippen LogP contribution in [0.1, 0.15) is 5.56 Å². The minimum Gasteiger partial charge on any atom is -0.293 e. The van der Waals surface area contributed by atoms with E-state index in [1.807, 2.05) is 6.07 Å². The van der Waals surface area contributed by atoms with E-state index in [0.717, 1.165) is 134 Å². The van der Waals surface area contributed by atoms with Gasteiger partial charge in [-0.3, -0.25) is 17.9 Å². The molecule has 0 aliphatic heterocycles. The van der Waals surface area contributed by atoms with Crippen LogP contribution in [0, 0.1) is 11.3 Å². The van der Waals surface area contributed by atoms with Crippen LogP contribution in [0.3, 0.4) is 0 Å². The zero-order valence-corrected chi connectivity index (χ0v) is 41.1. The van der Waals surface area contributed by atoms with E-state index >= 15 is 0 Å². The molecule has 0 aliphatic rings. The molecule has 0 saturated carbocycles. The maximum absolute atomic E-state index is 12.2. The summed E-state index contributed by atoms with van der Waals surface area (Å²) in [5.41, 5.74) is 22.8. The summed E-state index contributed by atoms with van der Waals surface area (Å²) in [6.07, 6.45) is 0. The second kappa shape index (κ2) is 17.3. The summed E-state index contributed by atoms with van der Waals surface area (Å²) < 4.78 is 9.33. The number of nitriles is 1. The highest BCUT2D eigenvalue weighted by Gasteiger charge is 2.29. The van der Waals surface area contributed by atoms with Crippen molar-refractivity contribution in [2.24, 2.45) is 0 Å². The summed E-state index contributed by atoms with van der Waals surface area (Å²) in [5, 5.41) is 13.3. The first kappa shape index (κ1) is 43.1. The molecule has 6 nitrogen and oxygen atoms in total. The maximum Gasteiger partial charge on any atom is 0.220 e. The number of hydrogen-bond acceptors (Lipinski definition) is 2. The average molecular weight is 969 g/mol. The Kier molecular flexibility index (Phi) is 9.84. The van der Waals surface area contributed by atoms with Crippen molar-refractivity contribution < 1.29 is 0 Å². The van der Waals surface area contributed by atoms with Gasteiger partial charge in [0, 0.05) is 16.5 Å². The molecule has 11 aromatic carbocycles. The van der Waals surface area contributed by atoms with Crippen molar-refractivity contribution in [2.45, 2.75) is 0 Å². The third kappa shape index (κ3) is 6.77. The summed E-state index contributed by atoms with van der Waals surface area (Å²) in [5.74, 6) is 0.752. The van der Waals surface area contributed by atoms with Crippen LogP contribution in [0.5, 0.6) is 0 Å². The zero-order chi connectivity index (χ0) is 50.3. The highest BCUT2D eigenvalue weighted by Crippen LogP contribution is 2.46. The highest BCUT2D eigenvalue weighted by molar-refractivity contribution is 6.03. The topological polar surface area (TPSA) is 55.4 Å². The lowest BCUT2D eigenvalue weighted by Gasteiger charge is -2.22. The molecule has 4 aromatic heterocycles. The van der Waals surface area contributed by atoms with Gasteiger partial charge in [-0.15, -0.1) is 0 Å². The Morgan fingerprint density at radius 3 is 1.29 bits per heavy atom. The number of fused-ring (bicyclic) bond motifs is 10. The minimum absolute atomic E-state index is 0.549. The third-order valence-electron chi connectivity index (χ3n) is 15.2. The fourth-order valence-electron chi connectivity index (χ4n) is 11.7. The van der Waals surface area contributed by atoms with E-state index in [0.29, 0.717) is 5.56 Å². The molecular weight excluding hydrogens is 925 g/mol. The van der Waals surface area contributed by atoms with Gasteiger partial charge in [-0.2, -0.15) is 5.26 Å². The summed E-state index contributed by atoms with van der Waals surface area (Å²) in [6, 6.07) is 97.5. The summed E-state index contributed by atoms with van der Waals surface area (Å²) in [4.78, 5) is 5.53. The molecule has 4 heterocycles. The number of nitrogens with zero attached hydrogens (tertiary/aromatic N) is 6. The molecule has 0 amide bonds. The van der Waals surface area contributed by atoms with Crippen molar-refractivity contribution >= 4 is 55.4 Å². The van der Waals surface area contributed by atoms with Gasteiger partial charge in [0.05, 0.1) is 55.6 Å². The standard InChI is InChI=1S/C70H44N6/c71-45-58-68(51-29-17-6-18-30-51)66(74-60-37-34-55(49-25-13-4-14-26-49)42-65(60)75-63-40-53(47-21-9-2-10-22-47)33-36-59(63)72-70(74)75)44-57(50-27-15-5-16-28-50)69(58)76-61-38-35-54(48-23-11-3-12-24-48)41-64(61)73-62-39-52(46-19-7-1-8-20-46)31-32-56(62)43-67(73)76/h1-44H. The predicted octanol–water partition coefficient (Wildman–Crippen LogP) is 17.7. The van der Waals surface area contributed by atoms with E-state index < -0.39 is 0 Å². The van der Waals surface area contributed by atoms with Crippen LogP contribution in [-0.4, -0.2) is 22.9 Å². The molecule has 0 spiro atoms. The van der Waals surface area contributed by atoms with Crippen LogP contribution in [0.15, 0.2) is 267 Å². The second-order valence-electron chi connectivity index (χ2n) is 19.5. The van der Waals surface area contributed by atoms with E-state index in [-0.39, 0.29) is 0 Å². The first-order valence-electron chi connectivity index (χ1n) is 25.7. The van der Waals surface area contributed by atoms with Gasteiger partial charge in [-0.05, 0) is 110 Å². The van der Waals surface area contributed by atoms with Crippen LogP contribution >= 0.6 is 0 Å². The largest absolute Gasteiger partial charge is 0.293 e. The molecule has 76 heavy (non-hydrogen) atoms. The number of benzene rings is 11. The van der Waals surface area contributed by atoms with E-state index in [1.165, 1.54) is 0 Å². The van der Waals surface area contributed by atoms with Gasteiger partial charge in [0.1, 0.15) is 11.7 Å². The Morgan fingerprint density at radius 2 is 0.763 bits per heavy atom. The van der Waals surface area contributed by atoms with Crippen molar-refractivity contribution in [3.05, 3.63) is 272 Å². The fraction of sp³-hybridized carbons (Fsp3) is 0. The summed E-state index contributed by atoms with van der Waals surface area (Å²) in [7, 11) is 0. The minimum atomic E-state index is 0.549. The Morgan fingerprint density at radius 1 is 0.329 bits per heavy atom. The second-order valence-corrected chi connectivity index (χ2v) is 19.5. The van der Waals surface area contributed by atoms with Gasteiger partial charge in [-0.25, -0.2) is 4.98 Å². The Balaban J connectivity index is 1.09. The van der Waals surface area contributed by atoms with Gasteiger partial charge in [0.15, 0.2) is 0 Å². The highest BCUT2D eigenvalue weighted by atomic mass is 15.2. The Bertz CT molecular complexity index is 4770. The van der Waals surface area contributed by atoms with Crippen molar-refractivity contribution in [3.63, 3.8) is 0 Å². The van der Waals surface area contributed by atoms with Crippen molar-refractivity contribution in [2.75, 3.05) is 0 Å². The molecule has 0 atom stereocenters. The molecule has 15 rings (SSSR count).